The molecule has 1 aromatic heterocycles. The van der Waals surface area contributed by atoms with Gasteiger partial charge in [0.25, 0.3) is 0 Å². The molecule has 76 valence electrons. The fourth-order valence-corrected chi connectivity index (χ4v) is 1.37. The van der Waals surface area contributed by atoms with Crippen molar-refractivity contribution in [2.75, 3.05) is 6.61 Å². The van der Waals surface area contributed by atoms with Crippen LogP contribution >= 0.6 is 0 Å². The fourth-order valence-electron chi connectivity index (χ4n) is 1.37. The summed E-state index contributed by atoms with van der Waals surface area (Å²) in [6.45, 7) is 5.91. The van der Waals surface area contributed by atoms with E-state index in [-0.39, 0.29) is 0 Å². The lowest BCUT2D eigenvalue weighted by Crippen LogP contribution is -2.34. The molecule has 0 fully saturated rings. The van der Waals surface area contributed by atoms with Crippen molar-refractivity contribution >= 4 is 12.6 Å². The maximum atomic E-state index is 9.14. The van der Waals surface area contributed by atoms with E-state index in [1.807, 2.05) is 13.8 Å². The lowest BCUT2D eigenvalue weighted by molar-refractivity contribution is 0.326. The van der Waals surface area contributed by atoms with Crippen LogP contribution in [0.4, 0.5) is 0 Å². The third-order valence-electron chi connectivity index (χ3n) is 1.90. The second-order valence-electron chi connectivity index (χ2n) is 3.11. The van der Waals surface area contributed by atoms with E-state index in [1.165, 1.54) is 0 Å². The molecule has 0 bridgehead atoms. The molecule has 1 rings (SSSR count). The van der Waals surface area contributed by atoms with Crippen LogP contribution in [-0.4, -0.2) is 28.8 Å². The first-order valence-electron chi connectivity index (χ1n) is 4.53. The molecule has 0 aromatic carbocycles. The van der Waals surface area contributed by atoms with E-state index in [0.29, 0.717) is 17.9 Å². The summed E-state index contributed by atoms with van der Waals surface area (Å²) in [5.74, 6) is 0.306. The molecule has 0 saturated carbocycles. The minimum atomic E-state index is -1.54. The van der Waals surface area contributed by atoms with Gasteiger partial charge < -0.3 is 14.8 Å². The van der Waals surface area contributed by atoms with Crippen LogP contribution in [0, 0.1) is 13.8 Å². The van der Waals surface area contributed by atoms with Crippen molar-refractivity contribution in [2.45, 2.75) is 20.8 Å². The molecule has 0 atom stereocenters. The van der Waals surface area contributed by atoms with E-state index in [0.717, 1.165) is 11.3 Å². The molecule has 0 aliphatic carbocycles. The summed E-state index contributed by atoms with van der Waals surface area (Å²) in [7, 11) is -1.54. The summed E-state index contributed by atoms with van der Waals surface area (Å²) in [5.41, 5.74) is 1.92. The van der Waals surface area contributed by atoms with Crippen LogP contribution in [0.5, 0.6) is 5.88 Å². The van der Waals surface area contributed by atoms with Gasteiger partial charge in [-0.3, -0.25) is 0 Å². The molecule has 0 unspecified atom stereocenters. The molecule has 5 heteroatoms. The number of hydrogen-bond acceptors (Lipinski definition) is 4. The molecular weight excluding hydrogens is 181 g/mol. The molecule has 4 nitrogen and oxygen atoms in total. The van der Waals surface area contributed by atoms with E-state index in [2.05, 4.69) is 4.98 Å². The minimum Gasteiger partial charge on any atom is -0.478 e. The maximum absolute atomic E-state index is 9.14. The summed E-state index contributed by atoms with van der Waals surface area (Å²) in [4.78, 5) is 4.10. The van der Waals surface area contributed by atoms with Crippen LogP contribution in [0.3, 0.4) is 0 Å². The number of aromatic nitrogens is 1. The average molecular weight is 195 g/mol. The Balaban J connectivity index is 3.21. The number of pyridine rings is 1. The van der Waals surface area contributed by atoms with Crippen molar-refractivity contribution in [3.8, 4) is 5.88 Å². The quantitative estimate of drug-likeness (QED) is 0.654. The highest BCUT2D eigenvalue weighted by atomic mass is 16.5. The highest BCUT2D eigenvalue weighted by Crippen LogP contribution is 2.09. The Bertz CT molecular complexity index is 328. The van der Waals surface area contributed by atoms with Crippen LogP contribution < -0.4 is 10.2 Å². The molecule has 0 saturated heterocycles. The van der Waals surface area contributed by atoms with Gasteiger partial charge in [0.1, 0.15) is 0 Å². The fraction of sp³-hybridized carbons (Fsp3) is 0.444. The van der Waals surface area contributed by atoms with Gasteiger partial charge in [-0.1, -0.05) is 0 Å². The number of aryl methyl sites for hydroxylation is 2. The molecule has 0 spiro atoms. The standard InChI is InChI=1S/C9H14BNO3/c1-4-14-9-8(10(12)13)6(2)5-7(3)11-9/h5,12-13H,4H2,1-3H3. The number of hydrogen-bond donors (Lipinski definition) is 2. The zero-order chi connectivity index (χ0) is 10.7. The summed E-state index contributed by atoms with van der Waals surface area (Å²) >= 11 is 0. The largest absolute Gasteiger partial charge is 0.494 e. The van der Waals surface area contributed by atoms with Gasteiger partial charge in [0.05, 0.1) is 6.61 Å². The van der Waals surface area contributed by atoms with E-state index in [9.17, 15) is 0 Å². The Labute approximate surface area is 83.7 Å². The zero-order valence-electron chi connectivity index (χ0n) is 8.61. The highest BCUT2D eigenvalue weighted by Gasteiger charge is 2.21. The van der Waals surface area contributed by atoms with Crippen LogP contribution in [0.2, 0.25) is 0 Å². The SMILES string of the molecule is CCOc1nc(C)cc(C)c1B(O)O. The molecule has 0 amide bonds. The topological polar surface area (TPSA) is 62.6 Å². The molecule has 2 N–H and O–H groups in total. The predicted molar refractivity (Wildman–Crippen MR) is 54.7 cm³/mol. The van der Waals surface area contributed by atoms with Gasteiger partial charge in [-0.05, 0) is 32.4 Å². The van der Waals surface area contributed by atoms with Crippen molar-refractivity contribution < 1.29 is 14.8 Å². The Kier molecular flexibility index (Phi) is 3.49. The lowest BCUT2D eigenvalue weighted by Gasteiger charge is -2.11. The lowest BCUT2D eigenvalue weighted by atomic mass is 9.78. The summed E-state index contributed by atoms with van der Waals surface area (Å²) < 4.78 is 5.23. The van der Waals surface area contributed by atoms with Crippen LogP contribution in [-0.2, 0) is 0 Å². The maximum Gasteiger partial charge on any atom is 0.494 e. The highest BCUT2D eigenvalue weighted by molar-refractivity contribution is 6.60. The second-order valence-corrected chi connectivity index (χ2v) is 3.11. The van der Waals surface area contributed by atoms with Crippen molar-refractivity contribution in [1.29, 1.82) is 0 Å². The van der Waals surface area contributed by atoms with Gasteiger partial charge in [0.15, 0.2) is 0 Å². The molecule has 14 heavy (non-hydrogen) atoms. The predicted octanol–water partition coefficient (Wildman–Crippen LogP) is -0.223. The third kappa shape index (κ3) is 2.24. The van der Waals surface area contributed by atoms with Gasteiger partial charge in [-0.15, -0.1) is 0 Å². The molecule has 1 heterocycles. The van der Waals surface area contributed by atoms with Crippen LogP contribution in [0.1, 0.15) is 18.2 Å². The number of ether oxygens (including phenoxy) is 1. The van der Waals surface area contributed by atoms with E-state index < -0.39 is 7.12 Å². The minimum absolute atomic E-state index is 0.306. The van der Waals surface area contributed by atoms with Crippen LogP contribution in [0.15, 0.2) is 6.07 Å². The Morgan fingerprint density at radius 1 is 1.43 bits per heavy atom. The molecule has 0 radical (unpaired) electrons. The first-order valence-corrected chi connectivity index (χ1v) is 4.53. The Morgan fingerprint density at radius 3 is 2.57 bits per heavy atom. The summed E-state index contributed by atoms with van der Waals surface area (Å²) in [6, 6.07) is 1.79. The van der Waals surface area contributed by atoms with Gasteiger partial charge in [0.2, 0.25) is 5.88 Å². The average Bonchev–Trinajstić information content (AvgIpc) is 2.01. The number of nitrogens with zero attached hydrogens (tertiary/aromatic N) is 1. The molecule has 0 aliphatic rings. The van der Waals surface area contributed by atoms with Crippen LogP contribution in [0.25, 0.3) is 0 Å². The van der Waals surface area contributed by atoms with Gasteiger partial charge in [-0.2, -0.15) is 0 Å². The third-order valence-corrected chi connectivity index (χ3v) is 1.90. The normalized spacial score (nSPS) is 10.1. The van der Waals surface area contributed by atoms with Gasteiger partial charge in [0, 0.05) is 11.2 Å². The van der Waals surface area contributed by atoms with Crippen molar-refractivity contribution in [3.63, 3.8) is 0 Å². The van der Waals surface area contributed by atoms with E-state index in [4.69, 9.17) is 14.8 Å². The number of rotatable bonds is 3. The zero-order valence-corrected chi connectivity index (χ0v) is 8.61. The second kappa shape index (κ2) is 4.44. The summed E-state index contributed by atoms with van der Waals surface area (Å²) in [5, 5.41) is 18.3. The van der Waals surface area contributed by atoms with E-state index in [1.54, 1.807) is 13.0 Å². The monoisotopic (exact) mass is 195 g/mol. The Hall–Kier alpha value is -1.07. The van der Waals surface area contributed by atoms with E-state index >= 15 is 0 Å². The first kappa shape index (κ1) is 11.0. The summed E-state index contributed by atoms with van der Waals surface area (Å²) in [6.07, 6.45) is 0. The molecule has 0 aliphatic heterocycles. The molecule has 1 aromatic rings. The smallest absolute Gasteiger partial charge is 0.478 e. The van der Waals surface area contributed by atoms with Gasteiger partial charge >= 0.3 is 7.12 Å². The molecular formula is C9H14BNO3. The van der Waals surface area contributed by atoms with Crippen molar-refractivity contribution in [2.24, 2.45) is 0 Å². The van der Waals surface area contributed by atoms with Gasteiger partial charge in [-0.25, -0.2) is 4.98 Å². The first-order chi connectivity index (χ1) is 6.56. The van der Waals surface area contributed by atoms with Crippen molar-refractivity contribution in [1.82, 2.24) is 4.98 Å². The Morgan fingerprint density at radius 2 is 2.07 bits per heavy atom. The van der Waals surface area contributed by atoms with Crippen molar-refractivity contribution in [3.05, 3.63) is 17.3 Å².